The second kappa shape index (κ2) is 9.40. The molecule has 3 aromatic rings. The van der Waals surface area contributed by atoms with Crippen molar-refractivity contribution in [3.63, 3.8) is 0 Å². The molecule has 7 nitrogen and oxygen atoms in total. The van der Waals surface area contributed by atoms with Crippen LogP contribution in [0, 0.1) is 11.5 Å². The zero-order chi connectivity index (χ0) is 22.4. The van der Waals surface area contributed by atoms with E-state index in [0.29, 0.717) is 36.6 Å². The molecule has 10 heteroatoms. The summed E-state index contributed by atoms with van der Waals surface area (Å²) in [6.07, 6.45) is 2.16. The van der Waals surface area contributed by atoms with E-state index in [-0.39, 0.29) is 0 Å². The minimum atomic E-state index is -4.34. The van der Waals surface area contributed by atoms with Crippen molar-refractivity contribution in [1.29, 1.82) is 5.26 Å². The van der Waals surface area contributed by atoms with Crippen molar-refractivity contribution < 1.29 is 18.0 Å². The number of pyridine rings is 1. The van der Waals surface area contributed by atoms with Crippen molar-refractivity contribution in [3.8, 4) is 17.6 Å². The maximum absolute atomic E-state index is 12.7. The van der Waals surface area contributed by atoms with E-state index in [9.17, 15) is 18.0 Å². The first kappa shape index (κ1) is 22.0. The molecule has 0 aliphatic heterocycles. The summed E-state index contributed by atoms with van der Waals surface area (Å²) in [5, 5.41) is 10.6. The van der Waals surface area contributed by atoms with Gasteiger partial charge in [-0.2, -0.15) is 18.4 Å². The van der Waals surface area contributed by atoms with Gasteiger partial charge in [0.2, 0.25) is 0 Å². The number of carbonyl (C=O) groups excluding carboxylic acids is 1. The van der Waals surface area contributed by atoms with Gasteiger partial charge in [0.05, 0.1) is 17.6 Å². The summed E-state index contributed by atoms with van der Waals surface area (Å²) in [7, 11) is 1.88. The summed E-state index contributed by atoms with van der Waals surface area (Å²) < 4.78 is 39.8. The molecule has 0 unspecified atom stereocenters. The smallest absolute Gasteiger partial charge is 0.335 e. The molecule has 1 aromatic carbocycles. The van der Waals surface area contributed by atoms with Gasteiger partial charge in [0.15, 0.2) is 6.19 Å². The average molecular weight is 428 g/mol. The van der Waals surface area contributed by atoms with Crippen LogP contribution >= 0.6 is 0 Å². The molecule has 0 saturated carbocycles. The minimum Gasteiger partial charge on any atom is -0.335 e. The normalized spacial score (nSPS) is 11.4. The van der Waals surface area contributed by atoms with Crippen molar-refractivity contribution in [2.75, 3.05) is 13.6 Å². The zero-order valence-electron chi connectivity index (χ0n) is 16.6. The number of benzene rings is 1. The summed E-state index contributed by atoms with van der Waals surface area (Å²) in [5.41, 5.74) is 1.52. The van der Waals surface area contributed by atoms with E-state index < -0.39 is 17.6 Å². The quantitative estimate of drug-likeness (QED) is 0.461. The highest BCUT2D eigenvalue weighted by Crippen LogP contribution is 2.29. The molecule has 0 atom stereocenters. The van der Waals surface area contributed by atoms with Gasteiger partial charge >= 0.3 is 6.18 Å². The van der Waals surface area contributed by atoms with Crippen molar-refractivity contribution in [1.82, 2.24) is 24.8 Å². The Morgan fingerprint density at radius 3 is 2.61 bits per heavy atom. The van der Waals surface area contributed by atoms with E-state index in [1.807, 2.05) is 16.5 Å². The Morgan fingerprint density at radius 1 is 1.19 bits per heavy atom. The number of imidazole rings is 1. The van der Waals surface area contributed by atoms with Gasteiger partial charge in [0.25, 0.3) is 5.91 Å². The molecule has 2 aromatic heterocycles. The Bertz CT molecular complexity index is 1090. The van der Waals surface area contributed by atoms with Crippen molar-refractivity contribution in [3.05, 3.63) is 71.8 Å². The molecule has 1 amide bonds. The number of alkyl halides is 3. The second-order valence-corrected chi connectivity index (χ2v) is 6.92. The van der Waals surface area contributed by atoms with Gasteiger partial charge in [0, 0.05) is 37.6 Å². The number of likely N-dealkylation sites (N-methyl/N-ethyl adjacent to an activating group) is 1. The lowest BCUT2D eigenvalue weighted by atomic mass is 10.1. The third-order valence-corrected chi connectivity index (χ3v) is 4.56. The van der Waals surface area contributed by atoms with Gasteiger partial charge < -0.3 is 9.47 Å². The van der Waals surface area contributed by atoms with Gasteiger partial charge in [0.1, 0.15) is 5.69 Å². The van der Waals surface area contributed by atoms with Gasteiger partial charge in [-0.1, -0.05) is 12.1 Å². The second-order valence-electron chi connectivity index (χ2n) is 6.92. The predicted octanol–water partition coefficient (Wildman–Crippen LogP) is 3.31. The van der Waals surface area contributed by atoms with Crippen LogP contribution in [0.4, 0.5) is 13.2 Å². The first-order valence-corrected chi connectivity index (χ1v) is 9.28. The standard InChI is InChI=1S/C21H19F3N6O/c1-29(11-15-2-4-17(5-3-15)21(22,23)24)8-9-30-12-19(28-14-30)18-10-16(6-7-26-18)20(31)27-13-25/h2-7,10,12,14H,8-9,11H2,1H3,(H,27,31). The fourth-order valence-corrected chi connectivity index (χ4v) is 2.93. The zero-order valence-corrected chi connectivity index (χ0v) is 16.6. The number of hydrogen-bond acceptors (Lipinski definition) is 5. The molecule has 0 aliphatic carbocycles. The Balaban J connectivity index is 1.57. The minimum absolute atomic E-state index is 0.303. The van der Waals surface area contributed by atoms with Crippen molar-refractivity contribution in [2.24, 2.45) is 0 Å². The van der Waals surface area contributed by atoms with E-state index in [1.165, 1.54) is 24.4 Å². The molecule has 0 bridgehead atoms. The van der Waals surface area contributed by atoms with Crippen LogP contribution in [0.1, 0.15) is 21.5 Å². The average Bonchev–Trinajstić information content (AvgIpc) is 3.21. The Kier molecular flexibility index (Phi) is 6.67. The summed E-state index contributed by atoms with van der Waals surface area (Å²) in [6, 6.07) is 8.19. The number of amides is 1. The fourth-order valence-electron chi connectivity index (χ4n) is 2.93. The maximum atomic E-state index is 12.7. The van der Waals surface area contributed by atoms with E-state index in [0.717, 1.165) is 17.7 Å². The lowest BCUT2D eigenvalue weighted by Gasteiger charge is -2.17. The summed E-state index contributed by atoms with van der Waals surface area (Å²) >= 11 is 0. The Morgan fingerprint density at radius 2 is 1.94 bits per heavy atom. The number of nitriles is 1. The monoisotopic (exact) mass is 428 g/mol. The third kappa shape index (κ3) is 5.90. The molecule has 2 heterocycles. The molecule has 31 heavy (non-hydrogen) atoms. The highest BCUT2D eigenvalue weighted by atomic mass is 19.4. The first-order valence-electron chi connectivity index (χ1n) is 9.28. The topological polar surface area (TPSA) is 86.8 Å². The Labute approximate surface area is 176 Å². The van der Waals surface area contributed by atoms with Crippen LogP contribution in [-0.4, -0.2) is 38.9 Å². The number of halogens is 3. The Hall–Kier alpha value is -3.71. The first-order chi connectivity index (χ1) is 14.8. The lowest BCUT2D eigenvalue weighted by Crippen LogP contribution is -2.22. The molecular formula is C21H19F3N6O. The van der Waals surface area contributed by atoms with Crippen molar-refractivity contribution in [2.45, 2.75) is 19.3 Å². The molecule has 0 fully saturated rings. The number of nitrogens with one attached hydrogen (secondary N) is 1. The number of aromatic nitrogens is 3. The molecule has 3 rings (SSSR count). The molecule has 0 spiro atoms. The SMILES string of the molecule is CN(CCn1cnc(-c2cc(C(=O)NC#N)ccn2)c1)Cc1ccc(C(F)(F)F)cc1. The summed E-state index contributed by atoms with van der Waals surface area (Å²) in [5.74, 6) is -0.518. The van der Waals surface area contributed by atoms with E-state index in [4.69, 9.17) is 5.26 Å². The summed E-state index contributed by atoms with van der Waals surface area (Å²) in [4.78, 5) is 22.3. The van der Waals surface area contributed by atoms with Crippen LogP contribution in [0.3, 0.4) is 0 Å². The van der Waals surface area contributed by atoms with Crippen LogP contribution in [0.5, 0.6) is 0 Å². The van der Waals surface area contributed by atoms with E-state index >= 15 is 0 Å². The fraction of sp³-hybridized carbons (Fsp3) is 0.238. The van der Waals surface area contributed by atoms with E-state index in [2.05, 4.69) is 15.3 Å². The predicted molar refractivity (Wildman–Crippen MR) is 106 cm³/mol. The highest BCUT2D eigenvalue weighted by molar-refractivity contribution is 5.95. The highest BCUT2D eigenvalue weighted by Gasteiger charge is 2.29. The van der Waals surface area contributed by atoms with E-state index in [1.54, 1.807) is 24.8 Å². The molecule has 0 aliphatic rings. The van der Waals surface area contributed by atoms with Crippen LogP contribution in [-0.2, 0) is 19.3 Å². The molecule has 160 valence electrons. The van der Waals surface area contributed by atoms with Gasteiger partial charge in [-0.25, -0.2) is 4.98 Å². The summed E-state index contributed by atoms with van der Waals surface area (Å²) in [6.45, 7) is 1.77. The molecule has 0 radical (unpaired) electrons. The van der Waals surface area contributed by atoms with Crippen molar-refractivity contribution >= 4 is 5.91 Å². The van der Waals surface area contributed by atoms with Crippen LogP contribution < -0.4 is 5.32 Å². The third-order valence-electron chi connectivity index (χ3n) is 4.56. The molecular weight excluding hydrogens is 409 g/mol. The van der Waals surface area contributed by atoms with Crippen LogP contribution in [0.15, 0.2) is 55.1 Å². The number of hydrogen-bond donors (Lipinski definition) is 1. The largest absolute Gasteiger partial charge is 0.416 e. The molecule has 0 saturated heterocycles. The number of carbonyl (C=O) groups is 1. The maximum Gasteiger partial charge on any atom is 0.416 e. The van der Waals surface area contributed by atoms with Gasteiger partial charge in [-0.05, 0) is 36.9 Å². The van der Waals surface area contributed by atoms with Gasteiger partial charge in [-0.3, -0.25) is 15.1 Å². The number of nitrogens with zero attached hydrogens (tertiary/aromatic N) is 5. The number of rotatable bonds is 7. The van der Waals surface area contributed by atoms with Crippen LogP contribution in [0.25, 0.3) is 11.4 Å². The molecule has 1 N–H and O–H groups in total. The lowest BCUT2D eigenvalue weighted by molar-refractivity contribution is -0.137. The van der Waals surface area contributed by atoms with Crippen LogP contribution in [0.2, 0.25) is 0 Å². The van der Waals surface area contributed by atoms with Gasteiger partial charge in [-0.15, -0.1) is 0 Å².